The number of amides is 1. The van der Waals surface area contributed by atoms with Crippen molar-refractivity contribution in [2.45, 2.75) is 25.8 Å². The quantitative estimate of drug-likeness (QED) is 0.341. The van der Waals surface area contributed by atoms with Crippen molar-refractivity contribution in [1.29, 1.82) is 0 Å². The van der Waals surface area contributed by atoms with Crippen LogP contribution in [0.3, 0.4) is 0 Å². The molecule has 0 bridgehead atoms. The van der Waals surface area contributed by atoms with E-state index in [1.54, 1.807) is 7.11 Å². The van der Waals surface area contributed by atoms with E-state index in [1.165, 1.54) is 5.01 Å². The molecule has 0 radical (unpaired) electrons. The van der Waals surface area contributed by atoms with Crippen LogP contribution in [-0.2, 0) is 4.79 Å². The van der Waals surface area contributed by atoms with Crippen LogP contribution in [0.5, 0.6) is 5.75 Å². The number of methoxy groups -OCH3 is 1. The molecule has 0 fully saturated rings. The van der Waals surface area contributed by atoms with Gasteiger partial charge < -0.3 is 9.72 Å². The second-order valence-corrected chi connectivity index (χ2v) is 9.31. The third-order valence-corrected chi connectivity index (χ3v) is 6.79. The first-order valence-corrected chi connectivity index (χ1v) is 12.2. The Hall–Kier alpha value is -3.71. The van der Waals surface area contributed by atoms with Crippen molar-refractivity contribution in [3.63, 3.8) is 0 Å². The van der Waals surface area contributed by atoms with Gasteiger partial charge in [-0.1, -0.05) is 65.3 Å². The van der Waals surface area contributed by atoms with E-state index in [9.17, 15) is 9.59 Å². The van der Waals surface area contributed by atoms with Crippen LogP contribution in [0.1, 0.15) is 36.9 Å². The highest BCUT2D eigenvalue weighted by atomic mass is 79.9. The average Bonchev–Trinajstić information content (AvgIpc) is 3.33. The molecule has 1 aromatic heterocycles. The molecule has 4 aromatic rings. The number of halogens is 1. The lowest BCUT2D eigenvalue weighted by atomic mass is 9.91. The SMILES string of the molecule is CCC(=O)N1N=C(c2c(-c3ccccc3)c3cc(Br)ccc3[nH]c2=O)C[C@@H]1c1ccc(OC)cc1. The number of aromatic nitrogens is 1. The van der Waals surface area contributed by atoms with E-state index in [2.05, 4.69) is 20.9 Å². The molecule has 1 aliphatic heterocycles. The number of nitrogens with one attached hydrogen (secondary N) is 1. The minimum absolute atomic E-state index is 0.0953. The molecule has 0 saturated heterocycles. The smallest absolute Gasteiger partial charge is 0.258 e. The van der Waals surface area contributed by atoms with E-state index < -0.39 is 0 Å². The summed E-state index contributed by atoms with van der Waals surface area (Å²) in [6.45, 7) is 1.82. The molecular weight excluding hydrogens is 506 g/mol. The van der Waals surface area contributed by atoms with E-state index >= 15 is 0 Å². The summed E-state index contributed by atoms with van der Waals surface area (Å²) in [5, 5.41) is 7.17. The van der Waals surface area contributed by atoms with E-state index in [1.807, 2.05) is 79.7 Å². The van der Waals surface area contributed by atoms with Crippen LogP contribution >= 0.6 is 15.9 Å². The van der Waals surface area contributed by atoms with Gasteiger partial charge in [-0.25, -0.2) is 5.01 Å². The van der Waals surface area contributed by atoms with E-state index in [-0.39, 0.29) is 17.5 Å². The first-order valence-electron chi connectivity index (χ1n) is 11.4. The number of nitrogens with zero attached hydrogens (tertiary/aromatic N) is 2. The maximum atomic E-state index is 13.5. The number of hydrazone groups is 1. The predicted molar refractivity (Wildman–Crippen MR) is 142 cm³/mol. The number of benzene rings is 3. The minimum atomic E-state index is -0.301. The zero-order valence-electron chi connectivity index (χ0n) is 19.4. The monoisotopic (exact) mass is 529 g/mol. The molecule has 1 aliphatic rings. The highest BCUT2D eigenvalue weighted by molar-refractivity contribution is 9.10. The highest BCUT2D eigenvalue weighted by Crippen LogP contribution is 2.38. The third-order valence-electron chi connectivity index (χ3n) is 6.30. The zero-order chi connectivity index (χ0) is 24.5. The summed E-state index contributed by atoms with van der Waals surface area (Å²) in [6.07, 6.45) is 0.747. The Balaban J connectivity index is 1.71. The van der Waals surface area contributed by atoms with E-state index in [0.29, 0.717) is 24.1 Å². The van der Waals surface area contributed by atoms with Crippen LogP contribution in [0.25, 0.3) is 22.0 Å². The Kier molecular flexibility index (Phi) is 6.26. The van der Waals surface area contributed by atoms with Gasteiger partial charge in [0.05, 0.1) is 24.4 Å². The fourth-order valence-electron chi connectivity index (χ4n) is 4.58. The Morgan fingerprint density at radius 2 is 1.83 bits per heavy atom. The van der Waals surface area contributed by atoms with Gasteiger partial charge in [0.2, 0.25) is 5.91 Å². The fourth-order valence-corrected chi connectivity index (χ4v) is 4.95. The molecule has 1 amide bonds. The van der Waals surface area contributed by atoms with Gasteiger partial charge in [0.1, 0.15) is 5.75 Å². The molecule has 176 valence electrons. The van der Waals surface area contributed by atoms with Gasteiger partial charge in [-0.15, -0.1) is 0 Å². The number of fused-ring (bicyclic) bond motifs is 1. The molecule has 5 rings (SSSR count). The molecule has 1 N–H and O–H groups in total. The van der Waals surface area contributed by atoms with Gasteiger partial charge in [0.25, 0.3) is 5.56 Å². The Labute approximate surface area is 211 Å². The maximum absolute atomic E-state index is 13.5. The summed E-state index contributed by atoms with van der Waals surface area (Å²) >= 11 is 3.57. The van der Waals surface area contributed by atoms with Gasteiger partial charge in [0.15, 0.2) is 0 Å². The van der Waals surface area contributed by atoms with E-state index in [4.69, 9.17) is 9.84 Å². The van der Waals surface area contributed by atoms with Crippen LogP contribution in [0.4, 0.5) is 0 Å². The summed E-state index contributed by atoms with van der Waals surface area (Å²) in [4.78, 5) is 29.4. The van der Waals surface area contributed by atoms with Crippen molar-refractivity contribution in [2.24, 2.45) is 5.10 Å². The molecule has 1 atom stereocenters. The normalized spacial score (nSPS) is 15.3. The highest BCUT2D eigenvalue weighted by Gasteiger charge is 2.34. The Morgan fingerprint density at radius 1 is 1.09 bits per heavy atom. The Bertz CT molecular complexity index is 1490. The third kappa shape index (κ3) is 4.28. The summed E-state index contributed by atoms with van der Waals surface area (Å²) in [5.41, 5.74) is 4.27. The van der Waals surface area contributed by atoms with Gasteiger partial charge >= 0.3 is 0 Å². The van der Waals surface area contributed by atoms with Crippen molar-refractivity contribution in [3.05, 3.63) is 98.7 Å². The average molecular weight is 530 g/mol. The number of aromatic amines is 1. The lowest BCUT2D eigenvalue weighted by Crippen LogP contribution is -2.26. The number of hydrogen-bond acceptors (Lipinski definition) is 4. The number of H-pyrrole nitrogens is 1. The van der Waals surface area contributed by atoms with Gasteiger partial charge in [0, 0.05) is 33.8 Å². The number of carbonyl (C=O) groups excluding carboxylic acids is 1. The van der Waals surface area contributed by atoms with Crippen molar-refractivity contribution < 1.29 is 9.53 Å². The maximum Gasteiger partial charge on any atom is 0.258 e. The molecular formula is C28H24BrN3O3. The molecule has 2 heterocycles. The van der Waals surface area contributed by atoms with E-state index in [0.717, 1.165) is 37.8 Å². The molecule has 0 aliphatic carbocycles. The Morgan fingerprint density at radius 3 is 2.51 bits per heavy atom. The molecule has 0 unspecified atom stereocenters. The number of pyridine rings is 1. The van der Waals surface area contributed by atoms with Crippen LogP contribution < -0.4 is 10.3 Å². The topological polar surface area (TPSA) is 74.8 Å². The van der Waals surface area contributed by atoms with Crippen LogP contribution in [0, 0.1) is 0 Å². The number of ether oxygens (including phenoxy) is 1. The molecule has 6 nitrogen and oxygen atoms in total. The summed E-state index contributed by atoms with van der Waals surface area (Å²) < 4.78 is 6.20. The second-order valence-electron chi connectivity index (χ2n) is 8.39. The lowest BCUT2D eigenvalue weighted by Gasteiger charge is -2.21. The van der Waals surface area contributed by atoms with Gasteiger partial charge in [-0.05, 0) is 41.5 Å². The van der Waals surface area contributed by atoms with Crippen molar-refractivity contribution in [3.8, 4) is 16.9 Å². The predicted octanol–water partition coefficient (Wildman–Crippen LogP) is 6.05. The van der Waals surface area contributed by atoms with Gasteiger partial charge in [-0.2, -0.15) is 5.10 Å². The summed E-state index contributed by atoms with van der Waals surface area (Å²) in [7, 11) is 1.62. The lowest BCUT2D eigenvalue weighted by molar-refractivity contribution is -0.132. The molecule has 3 aromatic carbocycles. The van der Waals surface area contributed by atoms with Crippen LogP contribution in [0.15, 0.2) is 87.2 Å². The molecule has 0 saturated carbocycles. The first-order chi connectivity index (χ1) is 17.0. The molecule has 7 heteroatoms. The molecule has 35 heavy (non-hydrogen) atoms. The van der Waals surface area contributed by atoms with Crippen molar-refractivity contribution in [2.75, 3.05) is 7.11 Å². The van der Waals surface area contributed by atoms with Crippen molar-refractivity contribution in [1.82, 2.24) is 9.99 Å². The second kappa shape index (κ2) is 9.50. The van der Waals surface area contributed by atoms with Crippen LogP contribution in [0.2, 0.25) is 0 Å². The number of carbonyl (C=O) groups is 1. The minimum Gasteiger partial charge on any atom is -0.497 e. The molecule has 0 spiro atoms. The summed E-state index contributed by atoms with van der Waals surface area (Å²) in [5.74, 6) is 0.645. The number of rotatable bonds is 5. The summed E-state index contributed by atoms with van der Waals surface area (Å²) in [6, 6.07) is 23.0. The van der Waals surface area contributed by atoms with Crippen molar-refractivity contribution >= 4 is 38.5 Å². The van der Waals surface area contributed by atoms with Crippen LogP contribution in [-0.4, -0.2) is 28.7 Å². The first kappa shape index (κ1) is 23.1. The zero-order valence-corrected chi connectivity index (χ0v) is 21.0. The number of hydrogen-bond donors (Lipinski definition) is 1. The van der Waals surface area contributed by atoms with Gasteiger partial charge in [-0.3, -0.25) is 9.59 Å². The largest absolute Gasteiger partial charge is 0.497 e. The fraction of sp³-hybridized carbons (Fsp3) is 0.179. The standard InChI is InChI=1S/C28H24BrN3O3/c1-3-25(33)32-24(17-9-12-20(35-2)13-10-17)16-23(31-32)27-26(18-7-5-4-6-8-18)21-15-19(29)11-14-22(21)30-28(27)34/h4-15,24H,3,16H2,1-2H3,(H,30,34)/t24-/m1/s1.